The number of nitrogens with one attached hydrogen (secondary N) is 2. The van der Waals surface area contributed by atoms with Crippen molar-refractivity contribution in [2.75, 3.05) is 23.7 Å². The minimum Gasteiger partial charge on any atom is -0.397 e. The van der Waals surface area contributed by atoms with E-state index in [4.69, 9.17) is 5.73 Å². The van der Waals surface area contributed by atoms with Crippen LogP contribution in [0, 0.1) is 0 Å². The second-order valence-corrected chi connectivity index (χ2v) is 8.31. The average Bonchev–Trinajstić information content (AvgIpc) is 3.43. The topological polar surface area (TPSA) is 86.6 Å². The summed E-state index contributed by atoms with van der Waals surface area (Å²) in [6, 6.07) is 17.0. The maximum atomic E-state index is 5.94. The molecule has 0 spiro atoms. The van der Waals surface area contributed by atoms with E-state index in [0.29, 0.717) is 5.69 Å². The number of anilines is 2. The van der Waals surface area contributed by atoms with Crippen molar-refractivity contribution >= 4 is 33.2 Å². The van der Waals surface area contributed by atoms with E-state index >= 15 is 0 Å². The fourth-order valence-electron chi connectivity index (χ4n) is 4.69. The second kappa shape index (κ2) is 7.16. The molecule has 0 aliphatic carbocycles. The SMILES string of the molecule is Nc1cncc(-c2ccc3[nH]nc(-c4cc5c(N6CCCCC6)cccc5[nH]4)c3c2)c1. The molecule has 1 aliphatic heterocycles. The molecule has 2 aromatic carbocycles. The molecule has 4 N–H and O–H groups in total. The number of aromatic amines is 2. The summed E-state index contributed by atoms with van der Waals surface area (Å²) in [6.07, 6.45) is 7.36. The van der Waals surface area contributed by atoms with Gasteiger partial charge in [-0.1, -0.05) is 12.1 Å². The second-order valence-electron chi connectivity index (χ2n) is 8.31. The van der Waals surface area contributed by atoms with Crippen molar-refractivity contribution in [1.29, 1.82) is 0 Å². The van der Waals surface area contributed by atoms with Gasteiger partial charge in [-0.2, -0.15) is 5.10 Å². The highest BCUT2D eigenvalue weighted by Gasteiger charge is 2.17. The van der Waals surface area contributed by atoms with Crippen molar-refractivity contribution in [2.24, 2.45) is 0 Å². The maximum absolute atomic E-state index is 5.94. The lowest BCUT2D eigenvalue weighted by atomic mass is 10.0. The standard InChI is InChI=1S/C25H24N6/c26-18-11-17(14-27-15-18)16-7-8-22-20(12-16)25(30-29-22)23-13-19-21(28-23)5-4-6-24(19)31-9-2-1-3-10-31/h4-8,11-15,28H,1-3,9-10,26H2,(H,29,30). The molecule has 0 bridgehead atoms. The Bertz CT molecular complexity index is 1390. The van der Waals surface area contributed by atoms with Crippen LogP contribution in [0.2, 0.25) is 0 Å². The number of benzene rings is 2. The Balaban J connectivity index is 1.46. The third-order valence-electron chi connectivity index (χ3n) is 6.25. The number of aromatic nitrogens is 4. The van der Waals surface area contributed by atoms with E-state index < -0.39 is 0 Å². The summed E-state index contributed by atoms with van der Waals surface area (Å²) in [5.74, 6) is 0. The third kappa shape index (κ3) is 3.11. The first-order chi connectivity index (χ1) is 15.3. The van der Waals surface area contributed by atoms with Crippen LogP contribution < -0.4 is 10.6 Å². The smallest absolute Gasteiger partial charge is 0.116 e. The molecular formula is C25H24N6. The van der Waals surface area contributed by atoms with E-state index in [9.17, 15) is 0 Å². The zero-order valence-corrected chi connectivity index (χ0v) is 17.2. The van der Waals surface area contributed by atoms with Crippen molar-refractivity contribution in [2.45, 2.75) is 19.3 Å². The van der Waals surface area contributed by atoms with Crippen LogP contribution in [0.15, 0.2) is 60.9 Å². The molecule has 31 heavy (non-hydrogen) atoms. The molecule has 6 rings (SSSR count). The van der Waals surface area contributed by atoms with Crippen LogP contribution in [0.1, 0.15) is 19.3 Å². The number of pyridine rings is 1. The number of H-pyrrole nitrogens is 2. The summed E-state index contributed by atoms with van der Waals surface area (Å²) in [5, 5.41) is 10.2. The molecule has 0 unspecified atom stereocenters. The van der Waals surface area contributed by atoms with E-state index in [1.54, 1.807) is 6.20 Å². The van der Waals surface area contributed by atoms with Crippen LogP contribution in [0.25, 0.3) is 44.3 Å². The Morgan fingerprint density at radius 1 is 0.839 bits per heavy atom. The summed E-state index contributed by atoms with van der Waals surface area (Å²) in [4.78, 5) is 10.3. The molecule has 4 heterocycles. The van der Waals surface area contributed by atoms with Crippen LogP contribution in [-0.2, 0) is 0 Å². The zero-order valence-electron chi connectivity index (χ0n) is 17.2. The van der Waals surface area contributed by atoms with Gasteiger partial charge in [-0.15, -0.1) is 0 Å². The lowest BCUT2D eigenvalue weighted by Gasteiger charge is -2.29. The summed E-state index contributed by atoms with van der Waals surface area (Å²) in [7, 11) is 0. The van der Waals surface area contributed by atoms with E-state index in [0.717, 1.165) is 52.0 Å². The van der Waals surface area contributed by atoms with Crippen LogP contribution in [0.3, 0.4) is 0 Å². The number of hydrogen-bond donors (Lipinski definition) is 3. The predicted octanol–water partition coefficient (Wildman–Crippen LogP) is 5.35. The van der Waals surface area contributed by atoms with Crippen LogP contribution in [0.5, 0.6) is 0 Å². The molecular weight excluding hydrogens is 384 g/mol. The van der Waals surface area contributed by atoms with Crippen LogP contribution in [-0.4, -0.2) is 33.3 Å². The van der Waals surface area contributed by atoms with Gasteiger partial charge in [0.2, 0.25) is 0 Å². The highest BCUT2D eigenvalue weighted by atomic mass is 15.1. The van der Waals surface area contributed by atoms with Crippen LogP contribution in [0.4, 0.5) is 11.4 Å². The lowest BCUT2D eigenvalue weighted by Crippen LogP contribution is -2.29. The van der Waals surface area contributed by atoms with Gasteiger partial charge in [0.25, 0.3) is 0 Å². The first-order valence-electron chi connectivity index (χ1n) is 10.8. The Kier molecular flexibility index (Phi) is 4.16. The molecule has 0 radical (unpaired) electrons. The number of rotatable bonds is 3. The first-order valence-corrected chi connectivity index (χ1v) is 10.8. The molecule has 1 fully saturated rings. The number of hydrogen-bond acceptors (Lipinski definition) is 4. The van der Waals surface area contributed by atoms with Crippen molar-refractivity contribution < 1.29 is 0 Å². The monoisotopic (exact) mass is 408 g/mol. The summed E-state index contributed by atoms with van der Waals surface area (Å²) in [6.45, 7) is 2.26. The molecule has 6 nitrogen and oxygen atoms in total. The van der Waals surface area contributed by atoms with Gasteiger partial charge in [0, 0.05) is 53.0 Å². The normalized spacial score (nSPS) is 14.5. The van der Waals surface area contributed by atoms with Crippen molar-refractivity contribution in [3.63, 3.8) is 0 Å². The highest BCUT2D eigenvalue weighted by Crippen LogP contribution is 2.35. The van der Waals surface area contributed by atoms with Gasteiger partial charge in [-0.25, -0.2) is 0 Å². The van der Waals surface area contributed by atoms with Gasteiger partial charge < -0.3 is 15.6 Å². The first kappa shape index (κ1) is 18.0. The number of nitrogens with zero attached hydrogens (tertiary/aromatic N) is 3. The molecule has 0 amide bonds. The Labute approximate surface area is 180 Å². The molecule has 1 saturated heterocycles. The largest absolute Gasteiger partial charge is 0.397 e. The van der Waals surface area contributed by atoms with Gasteiger partial charge in [0.1, 0.15) is 5.69 Å². The summed E-state index contributed by atoms with van der Waals surface area (Å²) >= 11 is 0. The average molecular weight is 409 g/mol. The molecule has 6 heteroatoms. The number of piperidine rings is 1. The maximum Gasteiger partial charge on any atom is 0.116 e. The summed E-state index contributed by atoms with van der Waals surface area (Å²) < 4.78 is 0. The van der Waals surface area contributed by atoms with Crippen LogP contribution >= 0.6 is 0 Å². The van der Waals surface area contributed by atoms with Crippen molar-refractivity contribution in [3.8, 4) is 22.5 Å². The van der Waals surface area contributed by atoms with Gasteiger partial charge in [-0.05, 0) is 61.2 Å². The van der Waals surface area contributed by atoms with E-state index in [2.05, 4.69) is 67.5 Å². The fourth-order valence-corrected chi connectivity index (χ4v) is 4.69. The van der Waals surface area contributed by atoms with E-state index in [1.165, 1.54) is 30.3 Å². The van der Waals surface area contributed by atoms with E-state index in [1.807, 2.05) is 12.3 Å². The Morgan fingerprint density at radius 3 is 2.61 bits per heavy atom. The van der Waals surface area contributed by atoms with Crippen molar-refractivity contribution in [1.82, 2.24) is 20.2 Å². The summed E-state index contributed by atoms with van der Waals surface area (Å²) in [5.41, 5.74) is 14.1. The van der Waals surface area contributed by atoms with Gasteiger partial charge >= 0.3 is 0 Å². The number of nitrogen functional groups attached to an aromatic ring is 1. The molecule has 3 aromatic heterocycles. The van der Waals surface area contributed by atoms with E-state index in [-0.39, 0.29) is 0 Å². The molecule has 0 atom stereocenters. The third-order valence-corrected chi connectivity index (χ3v) is 6.25. The zero-order chi connectivity index (χ0) is 20.8. The fraction of sp³-hybridized carbons (Fsp3) is 0.200. The minimum absolute atomic E-state index is 0.658. The minimum atomic E-state index is 0.658. The molecule has 1 aliphatic rings. The Hall–Kier alpha value is -3.80. The molecule has 5 aromatic rings. The molecule has 0 saturated carbocycles. The van der Waals surface area contributed by atoms with Gasteiger partial charge in [0.15, 0.2) is 0 Å². The predicted molar refractivity (Wildman–Crippen MR) is 127 cm³/mol. The Morgan fingerprint density at radius 2 is 1.74 bits per heavy atom. The number of nitrogens with two attached hydrogens (primary N) is 1. The lowest BCUT2D eigenvalue weighted by molar-refractivity contribution is 0.579. The van der Waals surface area contributed by atoms with Gasteiger partial charge in [0.05, 0.1) is 16.9 Å². The highest BCUT2D eigenvalue weighted by molar-refractivity contribution is 6.01. The quantitative estimate of drug-likeness (QED) is 0.376. The molecule has 154 valence electrons. The number of fused-ring (bicyclic) bond motifs is 2. The van der Waals surface area contributed by atoms with Crippen molar-refractivity contribution in [3.05, 3.63) is 60.9 Å². The van der Waals surface area contributed by atoms with Gasteiger partial charge in [-0.3, -0.25) is 10.1 Å².